The summed E-state index contributed by atoms with van der Waals surface area (Å²) in [6.45, 7) is 8.00. The Morgan fingerprint density at radius 3 is 2.67 bits per heavy atom. The summed E-state index contributed by atoms with van der Waals surface area (Å²) < 4.78 is 0. The number of unbranched alkanes of at least 4 members (excludes halogenated alkanes) is 1. The van der Waals surface area contributed by atoms with Gasteiger partial charge >= 0.3 is 0 Å². The Balaban J connectivity index is 2.29. The third-order valence-corrected chi connectivity index (χ3v) is 3.88. The van der Waals surface area contributed by atoms with E-state index >= 15 is 0 Å². The number of thiazole rings is 1. The van der Waals surface area contributed by atoms with Gasteiger partial charge in [0.2, 0.25) is 5.91 Å². The van der Waals surface area contributed by atoms with Gasteiger partial charge < -0.3 is 10.2 Å². The molecule has 1 heterocycles. The van der Waals surface area contributed by atoms with Crippen LogP contribution in [0.2, 0.25) is 0 Å². The van der Waals surface area contributed by atoms with E-state index in [1.807, 2.05) is 13.8 Å². The molecule has 0 saturated carbocycles. The third-order valence-electron chi connectivity index (χ3n) is 2.89. The molecule has 0 radical (unpaired) electrons. The zero-order chi connectivity index (χ0) is 13.5. The summed E-state index contributed by atoms with van der Waals surface area (Å²) in [5.74, 6) is 0.0482. The van der Waals surface area contributed by atoms with Crippen molar-refractivity contribution in [1.29, 1.82) is 0 Å². The first kappa shape index (κ1) is 15.1. The van der Waals surface area contributed by atoms with Crippen LogP contribution in [0.25, 0.3) is 0 Å². The van der Waals surface area contributed by atoms with Gasteiger partial charge in [-0.15, -0.1) is 11.3 Å². The molecule has 0 spiro atoms. The van der Waals surface area contributed by atoms with Crippen LogP contribution in [0.3, 0.4) is 0 Å². The van der Waals surface area contributed by atoms with E-state index in [-0.39, 0.29) is 5.91 Å². The minimum Gasteiger partial charge on any atom is -0.306 e. The van der Waals surface area contributed by atoms with Gasteiger partial charge in [-0.3, -0.25) is 4.79 Å². The van der Waals surface area contributed by atoms with Gasteiger partial charge in [-0.05, 0) is 33.9 Å². The minimum atomic E-state index is 0.0482. The van der Waals surface area contributed by atoms with Gasteiger partial charge in [0.05, 0.1) is 5.69 Å². The molecule has 5 heteroatoms. The maximum atomic E-state index is 11.7. The summed E-state index contributed by atoms with van der Waals surface area (Å²) in [5, 5.41) is 3.57. The molecular formula is C13H23N3OS. The predicted molar refractivity (Wildman–Crippen MR) is 77.2 cm³/mol. The minimum absolute atomic E-state index is 0.0482. The normalized spacial score (nSPS) is 10.9. The molecule has 0 atom stereocenters. The summed E-state index contributed by atoms with van der Waals surface area (Å²) in [6, 6.07) is 0. The summed E-state index contributed by atoms with van der Waals surface area (Å²) in [6.07, 6.45) is 2.90. The quantitative estimate of drug-likeness (QED) is 0.828. The molecule has 0 fully saturated rings. The molecule has 1 rings (SSSR count). The van der Waals surface area contributed by atoms with Crippen LogP contribution < -0.4 is 5.32 Å². The van der Waals surface area contributed by atoms with Crippen LogP contribution >= 0.6 is 11.3 Å². The standard InChI is InChI=1S/C13H23N3OS/c1-5-6-8-16(4)9-7-12(17)15-13-14-10(2)11(3)18-13/h5-9H2,1-4H3,(H,14,15,17). The van der Waals surface area contributed by atoms with E-state index in [4.69, 9.17) is 0 Å². The molecule has 1 aromatic heterocycles. The molecule has 0 saturated heterocycles. The van der Waals surface area contributed by atoms with Crippen LogP contribution in [0.15, 0.2) is 0 Å². The molecule has 1 amide bonds. The molecule has 4 nitrogen and oxygen atoms in total. The monoisotopic (exact) mass is 269 g/mol. The summed E-state index contributed by atoms with van der Waals surface area (Å²) >= 11 is 1.53. The smallest absolute Gasteiger partial charge is 0.227 e. The van der Waals surface area contributed by atoms with Gasteiger partial charge in [-0.25, -0.2) is 4.98 Å². The van der Waals surface area contributed by atoms with Crippen molar-refractivity contribution < 1.29 is 4.79 Å². The van der Waals surface area contributed by atoms with Gasteiger partial charge in [0.25, 0.3) is 0 Å². The van der Waals surface area contributed by atoms with E-state index in [0.717, 1.165) is 23.7 Å². The molecule has 0 aliphatic rings. The van der Waals surface area contributed by atoms with Crippen LogP contribution in [0, 0.1) is 13.8 Å². The number of carbonyl (C=O) groups excluding carboxylic acids is 1. The van der Waals surface area contributed by atoms with Crippen molar-refractivity contribution in [3.8, 4) is 0 Å². The molecule has 1 N–H and O–H groups in total. The Hall–Kier alpha value is -0.940. The molecule has 102 valence electrons. The summed E-state index contributed by atoms with van der Waals surface area (Å²) in [5.41, 5.74) is 0.996. The first-order valence-corrected chi connectivity index (χ1v) is 7.27. The van der Waals surface area contributed by atoms with Crippen molar-refractivity contribution in [2.75, 3.05) is 25.5 Å². The van der Waals surface area contributed by atoms with Gasteiger partial charge in [-0.1, -0.05) is 13.3 Å². The largest absolute Gasteiger partial charge is 0.306 e. The van der Waals surface area contributed by atoms with Crippen molar-refractivity contribution in [2.45, 2.75) is 40.0 Å². The highest BCUT2D eigenvalue weighted by Crippen LogP contribution is 2.21. The number of anilines is 1. The summed E-state index contributed by atoms with van der Waals surface area (Å²) in [7, 11) is 2.06. The molecular weight excluding hydrogens is 246 g/mol. The second-order valence-corrected chi connectivity index (χ2v) is 5.82. The highest BCUT2D eigenvalue weighted by molar-refractivity contribution is 7.15. The second kappa shape index (κ2) is 7.48. The predicted octanol–water partition coefficient (Wildman–Crippen LogP) is 2.82. The lowest BCUT2D eigenvalue weighted by molar-refractivity contribution is -0.116. The topological polar surface area (TPSA) is 45.2 Å². The number of carbonyl (C=O) groups is 1. The van der Waals surface area contributed by atoms with E-state index in [1.165, 1.54) is 24.2 Å². The summed E-state index contributed by atoms with van der Waals surface area (Å²) in [4.78, 5) is 19.4. The first-order chi connectivity index (χ1) is 8.52. The third kappa shape index (κ3) is 5.14. The number of nitrogens with zero attached hydrogens (tertiary/aromatic N) is 2. The van der Waals surface area contributed by atoms with Gasteiger partial charge in [0.15, 0.2) is 5.13 Å². The highest BCUT2D eigenvalue weighted by atomic mass is 32.1. The second-order valence-electron chi connectivity index (χ2n) is 4.62. The van der Waals surface area contributed by atoms with E-state index in [1.54, 1.807) is 0 Å². The molecule has 0 unspecified atom stereocenters. The van der Waals surface area contributed by atoms with E-state index < -0.39 is 0 Å². The Labute approximate surface area is 113 Å². The van der Waals surface area contributed by atoms with E-state index in [0.29, 0.717) is 11.6 Å². The Bertz CT molecular complexity index is 370. The van der Waals surface area contributed by atoms with Crippen LogP contribution in [0.5, 0.6) is 0 Å². The molecule has 0 aromatic carbocycles. The number of amides is 1. The lowest BCUT2D eigenvalue weighted by Gasteiger charge is -2.15. The van der Waals surface area contributed by atoms with Crippen LogP contribution in [0.4, 0.5) is 5.13 Å². The Kier molecular flexibility index (Phi) is 6.29. The number of aromatic nitrogens is 1. The zero-order valence-electron chi connectivity index (χ0n) is 11.7. The molecule has 0 aliphatic heterocycles. The SMILES string of the molecule is CCCCN(C)CCC(=O)Nc1nc(C)c(C)s1. The fourth-order valence-corrected chi connectivity index (χ4v) is 2.37. The van der Waals surface area contributed by atoms with Gasteiger partial charge in [-0.2, -0.15) is 0 Å². The highest BCUT2D eigenvalue weighted by Gasteiger charge is 2.08. The number of hydrogen-bond acceptors (Lipinski definition) is 4. The molecule has 0 bridgehead atoms. The number of rotatable bonds is 7. The molecule has 1 aromatic rings. The lowest BCUT2D eigenvalue weighted by Crippen LogP contribution is -2.25. The maximum absolute atomic E-state index is 11.7. The van der Waals surface area contributed by atoms with Crippen LogP contribution in [0.1, 0.15) is 36.8 Å². The first-order valence-electron chi connectivity index (χ1n) is 6.45. The fourth-order valence-electron chi connectivity index (χ4n) is 1.54. The van der Waals surface area contributed by atoms with Gasteiger partial charge in [0, 0.05) is 17.8 Å². The Morgan fingerprint density at radius 2 is 2.11 bits per heavy atom. The van der Waals surface area contributed by atoms with Crippen molar-refractivity contribution >= 4 is 22.4 Å². The van der Waals surface area contributed by atoms with Crippen molar-refractivity contribution in [1.82, 2.24) is 9.88 Å². The van der Waals surface area contributed by atoms with Crippen molar-refractivity contribution in [2.24, 2.45) is 0 Å². The number of aryl methyl sites for hydroxylation is 2. The molecule has 18 heavy (non-hydrogen) atoms. The van der Waals surface area contributed by atoms with Crippen LogP contribution in [-0.2, 0) is 4.79 Å². The zero-order valence-corrected chi connectivity index (χ0v) is 12.6. The fraction of sp³-hybridized carbons (Fsp3) is 0.692. The van der Waals surface area contributed by atoms with Gasteiger partial charge in [0.1, 0.15) is 0 Å². The van der Waals surface area contributed by atoms with E-state index in [2.05, 4.69) is 29.2 Å². The maximum Gasteiger partial charge on any atom is 0.227 e. The molecule has 0 aliphatic carbocycles. The average molecular weight is 269 g/mol. The number of hydrogen-bond donors (Lipinski definition) is 1. The lowest BCUT2D eigenvalue weighted by atomic mass is 10.3. The van der Waals surface area contributed by atoms with Crippen molar-refractivity contribution in [3.05, 3.63) is 10.6 Å². The van der Waals surface area contributed by atoms with Crippen LogP contribution in [-0.4, -0.2) is 35.9 Å². The average Bonchev–Trinajstić information content (AvgIpc) is 2.63. The van der Waals surface area contributed by atoms with Crippen molar-refractivity contribution in [3.63, 3.8) is 0 Å². The van der Waals surface area contributed by atoms with E-state index in [9.17, 15) is 4.79 Å². The Morgan fingerprint density at radius 1 is 1.39 bits per heavy atom. The number of nitrogens with one attached hydrogen (secondary N) is 1.